The quantitative estimate of drug-likeness (QED) is 0.807. The molecule has 20 heavy (non-hydrogen) atoms. The lowest BCUT2D eigenvalue weighted by atomic mass is 9.96. The second-order valence-corrected chi connectivity index (χ2v) is 8.71. The van der Waals surface area contributed by atoms with E-state index in [1.165, 1.54) is 0 Å². The second kappa shape index (κ2) is 6.73. The molecule has 0 aromatic rings. The van der Waals surface area contributed by atoms with Crippen LogP contribution in [0.25, 0.3) is 0 Å². The number of likely N-dealkylation sites (N-methyl/N-ethyl adjacent to an activating group) is 1. The van der Waals surface area contributed by atoms with E-state index in [1.54, 1.807) is 4.31 Å². The van der Waals surface area contributed by atoms with E-state index in [-0.39, 0.29) is 0 Å². The van der Waals surface area contributed by atoms with Crippen molar-refractivity contribution in [2.45, 2.75) is 32.2 Å². The Labute approximate surface area is 123 Å². The van der Waals surface area contributed by atoms with Crippen LogP contribution in [0.3, 0.4) is 0 Å². The molecule has 118 valence electrons. The van der Waals surface area contributed by atoms with Crippen molar-refractivity contribution >= 4 is 10.0 Å². The number of nitrogens with one attached hydrogen (secondary N) is 1. The van der Waals surface area contributed by atoms with Crippen molar-refractivity contribution in [3.05, 3.63) is 0 Å². The van der Waals surface area contributed by atoms with Gasteiger partial charge in [-0.1, -0.05) is 6.92 Å². The minimum Gasteiger partial charge on any atom is -0.317 e. The highest BCUT2D eigenvalue weighted by atomic mass is 32.2. The van der Waals surface area contributed by atoms with Crippen LogP contribution < -0.4 is 5.32 Å². The molecule has 6 heteroatoms. The first kappa shape index (κ1) is 16.2. The van der Waals surface area contributed by atoms with E-state index in [0.29, 0.717) is 36.7 Å². The van der Waals surface area contributed by atoms with Gasteiger partial charge in [0, 0.05) is 19.1 Å². The average Bonchev–Trinajstić information content (AvgIpc) is 2.81. The molecular formula is C14H29N3O2S. The molecule has 0 spiro atoms. The summed E-state index contributed by atoms with van der Waals surface area (Å²) in [6.07, 6.45) is 3.06. The molecule has 2 heterocycles. The standard InChI is InChI=1S/C14H29N3O2S/c1-12-10-17(11-14(12)16(2)3)20(18,19)9-6-13-4-7-15-8-5-13/h12-15H,4-11H2,1-3H3. The Kier molecular flexibility index (Phi) is 5.45. The summed E-state index contributed by atoms with van der Waals surface area (Å²) in [6.45, 7) is 5.55. The molecule has 2 aliphatic rings. The van der Waals surface area contributed by atoms with Gasteiger partial charge in [0.1, 0.15) is 0 Å². The number of hydrogen-bond donors (Lipinski definition) is 1. The predicted octanol–water partition coefficient (Wildman–Crippen LogP) is 0.588. The summed E-state index contributed by atoms with van der Waals surface area (Å²) in [5, 5.41) is 3.33. The lowest BCUT2D eigenvalue weighted by Crippen LogP contribution is -2.37. The minimum absolute atomic E-state index is 0.324. The Morgan fingerprint density at radius 2 is 1.85 bits per heavy atom. The fourth-order valence-electron chi connectivity index (χ4n) is 3.42. The monoisotopic (exact) mass is 303 g/mol. The maximum atomic E-state index is 12.5. The van der Waals surface area contributed by atoms with Crippen molar-refractivity contribution < 1.29 is 8.42 Å². The molecule has 2 unspecified atom stereocenters. The molecule has 0 aliphatic carbocycles. The van der Waals surface area contributed by atoms with Gasteiger partial charge in [-0.3, -0.25) is 0 Å². The molecule has 2 saturated heterocycles. The van der Waals surface area contributed by atoms with Crippen molar-refractivity contribution in [3.8, 4) is 0 Å². The first-order valence-corrected chi connectivity index (χ1v) is 9.36. The van der Waals surface area contributed by atoms with E-state index < -0.39 is 10.0 Å². The molecule has 0 radical (unpaired) electrons. The van der Waals surface area contributed by atoms with E-state index in [9.17, 15) is 8.42 Å². The zero-order chi connectivity index (χ0) is 14.8. The fraction of sp³-hybridized carbons (Fsp3) is 1.00. The maximum absolute atomic E-state index is 12.5. The van der Waals surface area contributed by atoms with Gasteiger partial charge in [-0.05, 0) is 58.3 Å². The molecule has 1 N–H and O–H groups in total. The smallest absolute Gasteiger partial charge is 0.214 e. The van der Waals surface area contributed by atoms with Gasteiger partial charge in [-0.2, -0.15) is 0 Å². The predicted molar refractivity (Wildman–Crippen MR) is 82.2 cm³/mol. The number of sulfonamides is 1. The van der Waals surface area contributed by atoms with Crippen LogP contribution in [-0.4, -0.2) is 69.7 Å². The minimum atomic E-state index is -3.07. The van der Waals surface area contributed by atoms with E-state index in [1.807, 2.05) is 14.1 Å². The third kappa shape index (κ3) is 3.93. The van der Waals surface area contributed by atoms with Crippen LogP contribution in [0.4, 0.5) is 0 Å². The Hall–Kier alpha value is -0.170. The lowest BCUT2D eigenvalue weighted by Gasteiger charge is -2.24. The van der Waals surface area contributed by atoms with E-state index >= 15 is 0 Å². The van der Waals surface area contributed by atoms with E-state index in [0.717, 1.165) is 32.4 Å². The van der Waals surface area contributed by atoms with Crippen molar-refractivity contribution in [1.82, 2.24) is 14.5 Å². The molecule has 0 aromatic carbocycles. The van der Waals surface area contributed by atoms with Gasteiger partial charge in [-0.25, -0.2) is 12.7 Å². The second-order valence-electron chi connectivity index (χ2n) is 6.62. The Morgan fingerprint density at radius 1 is 1.20 bits per heavy atom. The van der Waals surface area contributed by atoms with Crippen LogP contribution in [0, 0.1) is 11.8 Å². The van der Waals surface area contributed by atoms with Gasteiger partial charge < -0.3 is 10.2 Å². The Morgan fingerprint density at radius 3 is 2.40 bits per heavy atom. The maximum Gasteiger partial charge on any atom is 0.214 e. The van der Waals surface area contributed by atoms with Gasteiger partial charge in [0.25, 0.3) is 0 Å². The van der Waals surface area contributed by atoms with Gasteiger partial charge in [0.2, 0.25) is 10.0 Å². The average molecular weight is 303 g/mol. The van der Waals surface area contributed by atoms with Crippen LogP contribution in [0.15, 0.2) is 0 Å². The molecule has 0 saturated carbocycles. The Bertz CT molecular complexity index is 405. The molecule has 0 bridgehead atoms. The molecule has 5 nitrogen and oxygen atoms in total. The lowest BCUT2D eigenvalue weighted by molar-refractivity contribution is 0.263. The number of hydrogen-bond acceptors (Lipinski definition) is 4. The van der Waals surface area contributed by atoms with Gasteiger partial charge in [0.05, 0.1) is 5.75 Å². The third-order valence-electron chi connectivity index (χ3n) is 4.84. The van der Waals surface area contributed by atoms with Crippen LogP contribution in [0.1, 0.15) is 26.2 Å². The van der Waals surface area contributed by atoms with Gasteiger partial charge >= 0.3 is 0 Å². The molecular weight excluding hydrogens is 274 g/mol. The van der Waals surface area contributed by atoms with Gasteiger partial charge in [-0.15, -0.1) is 0 Å². The highest BCUT2D eigenvalue weighted by Crippen LogP contribution is 2.24. The van der Waals surface area contributed by atoms with Crippen LogP contribution >= 0.6 is 0 Å². The number of nitrogens with zero attached hydrogens (tertiary/aromatic N) is 2. The fourth-order valence-corrected chi connectivity index (χ4v) is 5.15. The van der Waals surface area contributed by atoms with E-state index in [2.05, 4.69) is 17.1 Å². The largest absolute Gasteiger partial charge is 0.317 e. The number of rotatable bonds is 5. The zero-order valence-electron chi connectivity index (χ0n) is 13.0. The Balaban J connectivity index is 1.87. The SMILES string of the molecule is CC1CN(S(=O)(=O)CCC2CCNCC2)CC1N(C)C. The third-order valence-corrected chi connectivity index (χ3v) is 6.68. The van der Waals surface area contributed by atoms with Crippen molar-refractivity contribution in [2.75, 3.05) is 46.0 Å². The summed E-state index contributed by atoms with van der Waals surface area (Å²) in [7, 11) is 0.996. The molecule has 2 atom stereocenters. The van der Waals surface area contributed by atoms with Crippen molar-refractivity contribution in [2.24, 2.45) is 11.8 Å². The highest BCUT2D eigenvalue weighted by molar-refractivity contribution is 7.89. The van der Waals surface area contributed by atoms with Gasteiger partial charge in [0.15, 0.2) is 0 Å². The summed E-state index contributed by atoms with van der Waals surface area (Å²) in [5.41, 5.74) is 0. The summed E-state index contributed by atoms with van der Waals surface area (Å²) in [5.74, 6) is 1.32. The van der Waals surface area contributed by atoms with Crippen LogP contribution in [0.2, 0.25) is 0 Å². The summed E-state index contributed by atoms with van der Waals surface area (Å²) in [4.78, 5) is 2.15. The topological polar surface area (TPSA) is 52.7 Å². The molecule has 2 aliphatic heterocycles. The highest BCUT2D eigenvalue weighted by Gasteiger charge is 2.37. The first-order chi connectivity index (χ1) is 9.40. The molecule has 0 amide bonds. The molecule has 2 rings (SSSR count). The van der Waals surface area contributed by atoms with Crippen molar-refractivity contribution in [1.29, 1.82) is 0 Å². The first-order valence-electron chi connectivity index (χ1n) is 7.75. The molecule has 0 aromatic heterocycles. The summed E-state index contributed by atoms with van der Waals surface area (Å²) < 4.78 is 26.7. The summed E-state index contributed by atoms with van der Waals surface area (Å²) >= 11 is 0. The van der Waals surface area contributed by atoms with E-state index in [4.69, 9.17) is 0 Å². The van der Waals surface area contributed by atoms with Crippen LogP contribution in [-0.2, 0) is 10.0 Å². The summed E-state index contributed by atoms with van der Waals surface area (Å²) in [6, 6.07) is 0.351. The zero-order valence-corrected chi connectivity index (χ0v) is 13.8. The number of piperidine rings is 1. The van der Waals surface area contributed by atoms with Crippen molar-refractivity contribution in [3.63, 3.8) is 0 Å². The normalized spacial score (nSPS) is 30.2. The molecule has 2 fully saturated rings. The van der Waals surface area contributed by atoms with Crippen LogP contribution in [0.5, 0.6) is 0 Å².